The summed E-state index contributed by atoms with van der Waals surface area (Å²) >= 11 is 2.02. The maximum absolute atomic E-state index is 5.78. The van der Waals surface area contributed by atoms with Gasteiger partial charge in [-0.1, -0.05) is 24.3 Å². The van der Waals surface area contributed by atoms with E-state index in [9.17, 15) is 0 Å². The molecule has 0 bridgehead atoms. The van der Waals surface area contributed by atoms with Gasteiger partial charge in [-0.2, -0.15) is 0 Å². The van der Waals surface area contributed by atoms with Crippen LogP contribution in [0.1, 0.15) is 28.7 Å². The Morgan fingerprint density at radius 3 is 3.10 bits per heavy atom. The van der Waals surface area contributed by atoms with Crippen LogP contribution in [0.5, 0.6) is 5.88 Å². The Balaban J connectivity index is 1.47. The van der Waals surface area contributed by atoms with E-state index >= 15 is 0 Å². The van der Waals surface area contributed by atoms with Crippen LogP contribution in [-0.2, 0) is 6.54 Å². The predicted molar refractivity (Wildman–Crippen MR) is 83.0 cm³/mol. The van der Waals surface area contributed by atoms with E-state index < -0.39 is 0 Å². The molecule has 3 atom stereocenters. The van der Waals surface area contributed by atoms with E-state index in [1.807, 2.05) is 11.8 Å². The zero-order valence-corrected chi connectivity index (χ0v) is 12.4. The summed E-state index contributed by atoms with van der Waals surface area (Å²) in [5.74, 6) is 2.05. The van der Waals surface area contributed by atoms with Gasteiger partial charge in [-0.05, 0) is 17.7 Å². The fraction of sp³-hybridized carbons (Fsp3) is 0.353. The summed E-state index contributed by atoms with van der Waals surface area (Å²) in [5, 5.41) is 4.03. The zero-order chi connectivity index (χ0) is 13.8. The van der Waals surface area contributed by atoms with Crippen LogP contribution >= 0.6 is 11.8 Å². The molecule has 3 aliphatic rings. The highest BCUT2D eigenvalue weighted by molar-refractivity contribution is 8.00. The van der Waals surface area contributed by atoms with Gasteiger partial charge in [0.1, 0.15) is 6.61 Å². The summed E-state index contributed by atoms with van der Waals surface area (Å²) in [5.41, 5.74) is 3.89. The van der Waals surface area contributed by atoms with Gasteiger partial charge in [0.15, 0.2) is 0 Å². The SMILES string of the molecule is c1ccc2c(c1)SC1C(c3ccc4c(n3)OCCNC4)C21. The topological polar surface area (TPSA) is 34.1 Å². The Morgan fingerprint density at radius 2 is 2.10 bits per heavy atom. The summed E-state index contributed by atoms with van der Waals surface area (Å²) in [6.07, 6.45) is 0. The molecule has 0 radical (unpaired) electrons. The Labute approximate surface area is 128 Å². The van der Waals surface area contributed by atoms with Crippen molar-refractivity contribution >= 4 is 11.8 Å². The van der Waals surface area contributed by atoms with Crippen LogP contribution in [-0.4, -0.2) is 23.4 Å². The Hall–Kier alpha value is -1.52. The molecule has 106 valence electrons. The Kier molecular flexibility index (Phi) is 2.58. The summed E-state index contributed by atoms with van der Waals surface area (Å²) in [6.45, 7) is 2.46. The Morgan fingerprint density at radius 1 is 1.14 bits per heavy atom. The molecule has 3 nitrogen and oxygen atoms in total. The minimum absolute atomic E-state index is 0.565. The molecule has 3 unspecified atom stereocenters. The van der Waals surface area contributed by atoms with Gasteiger partial charge in [-0.25, -0.2) is 4.98 Å². The maximum atomic E-state index is 5.78. The highest BCUT2D eigenvalue weighted by Gasteiger charge is 2.58. The third-order valence-electron chi connectivity index (χ3n) is 4.63. The van der Waals surface area contributed by atoms with E-state index in [0.29, 0.717) is 23.7 Å². The van der Waals surface area contributed by atoms with Crippen molar-refractivity contribution in [2.24, 2.45) is 0 Å². The first-order valence-corrected chi connectivity index (χ1v) is 8.39. The molecule has 0 saturated heterocycles. The molecular formula is C17H16N2OS. The molecule has 4 heteroatoms. The monoisotopic (exact) mass is 296 g/mol. The fourth-order valence-electron chi connectivity index (χ4n) is 3.53. The number of rotatable bonds is 1. The number of thioether (sulfide) groups is 1. The van der Waals surface area contributed by atoms with E-state index in [-0.39, 0.29) is 0 Å². The molecule has 2 aliphatic heterocycles. The number of hydrogen-bond acceptors (Lipinski definition) is 4. The molecule has 1 aliphatic carbocycles. The van der Waals surface area contributed by atoms with Crippen LogP contribution in [0.25, 0.3) is 0 Å². The van der Waals surface area contributed by atoms with Gasteiger partial charge in [-0.15, -0.1) is 11.8 Å². The first-order chi connectivity index (χ1) is 10.4. The van der Waals surface area contributed by atoms with Crippen molar-refractivity contribution in [1.82, 2.24) is 10.3 Å². The van der Waals surface area contributed by atoms with E-state index in [2.05, 4.69) is 41.7 Å². The van der Waals surface area contributed by atoms with E-state index in [1.165, 1.54) is 21.7 Å². The van der Waals surface area contributed by atoms with Crippen molar-refractivity contribution in [3.05, 3.63) is 53.2 Å². The maximum Gasteiger partial charge on any atom is 0.218 e. The summed E-state index contributed by atoms with van der Waals surface area (Å²) in [6, 6.07) is 13.2. The van der Waals surface area contributed by atoms with Crippen LogP contribution in [0.4, 0.5) is 0 Å². The number of aromatic nitrogens is 1. The number of nitrogens with one attached hydrogen (secondary N) is 1. The van der Waals surface area contributed by atoms with Crippen molar-refractivity contribution in [3.63, 3.8) is 0 Å². The van der Waals surface area contributed by atoms with E-state index in [0.717, 1.165) is 19.0 Å². The molecule has 1 fully saturated rings. The molecule has 2 aromatic rings. The predicted octanol–water partition coefficient (Wildman–Crippen LogP) is 2.92. The van der Waals surface area contributed by atoms with Crippen molar-refractivity contribution in [2.75, 3.05) is 13.2 Å². The molecule has 21 heavy (non-hydrogen) atoms. The molecule has 0 spiro atoms. The summed E-state index contributed by atoms with van der Waals surface area (Å²) < 4.78 is 5.78. The molecule has 0 amide bonds. The van der Waals surface area contributed by atoms with Crippen molar-refractivity contribution in [2.45, 2.75) is 28.5 Å². The number of ether oxygens (including phenoxy) is 1. The average molecular weight is 296 g/mol. The van der Waals surface area contributed by atoms with Crippen LogP contribution in [0.3, 0.4) is 0 Å². The van der Waals surface area contributed by atoms with Crippen molar-refractivity contribution in [3.8, 4) is 5.88 Å². The number of nitrogens with zero attached hydrogens (tertiary/aromatic N) is 1. The smallest absolute Gasteiger partial charge is 0.218 e. The lowest BCUT2D eigenvalue weighted by Gasteiger charge is -2.10. The van der Waals surface area contributed by atoms with Crippen molar-refractivity contribution < 1.29 is 4.74 Å². The molecule has 3 heterocycles. The van der Waals surface area contributed by atoms with E-state index in [4.69, 9.17) is 9.72 Å². The third kappa shape index (κ3) is 1.82. The zero-order valence-electron chi connectivity index (χ0n) is 11.6. The van der Waals surface area contributed by atoms with Gasteiger partial charge in [0.25, 0.3) is 0 Å². The van der Waals surface area contributed by atoms with Gasteiger partial charge in [0.2, 0.25) is 5.88 Å². The molecule has 1 aromatic heterocycles. The second kappa shape index (κ2) is 4.49. The first-order valence-electron chi connectivity index (χ1n) is 7.51. The molecule has 1 saturated carbocycles. The second-order valence-electron chi connectivity index (χ2n) is 5.90. The summed E-state index contributed by atoms with van der Waals surface area (Å²) in [7, 11) is 0. The number of fused-ring (bicyclic) bond motifs is 4. The van der Waals surface area contributed by atoms with Crippen LogP contribution in [0, 0.1) is 0 Å². The van der Waals surface area contributed by atoms with Gasteiger partial charge < -0.3 is 10.1 Å². The lowest BCUT2D eigenvalue weighted by atomic mass is 10.1. The van der Waals surface area contributed by atoms with Crippen LogP contribution < -0.4 is 10.1 Å². The lowest BCUT2D eigenvalue weighted by molar-refractivity contribution is 0.313. The quantitative estimate of drug-likeness (QED) is 0.877. The highest BCUT2D eigenvalue weighted by atomic mass is 32.2. The highest BCUT2D eigenvalue weighted by Crippen LogP contribution is 2.68. The second-order valence-corrected chi connectivity index (χ2v) is 7.12. The normalized spacial score (nSPS) is 28.9. The molecule has 1 N–H and O–H groups in total. The number of benzene rings is 1. The molecular weight excluding hydrogens is 280 g/mol. The molecule has 1 aromatic carbocycles. The minimum Gasteiger partial charge on any atom is -0.476 e. The number of hydrogen-bond donors (Lipinski definition) is 1. The van der Waals surface area contributed by atoms with Crippen LogP contribution in [0.15, 0.2) is 41.3 Å². The minimum atomic E-state index is 0.565. The standard InChI is InChI=1S/C17H16N2OS/c1-2-4-13-11(3-1)14-15(16(14)21-13)12-6-5-10-9-18-7-8-20-17(10)19-12/h1-6,14-16,18H,7-9H2. The number of pyridine rings is 1. The van der Waals surface area contributed by atoms with E-state index in [1.54, 1.807) is 0 Å². The van der Waals surface area contributed by atoms with Crippen LogP contribution in [0.2, 0.25) is 0 Å². The third-order valence-corrected chi connectivity index (χ3v) is 6.11. The fourth-order valence-corrected chi connectivity index (χ4v) is 5.15. The lowest BCUT2D eigenvalue weighted by Crippen LogP contribution is -2.16. The summed E-state index contributed by atoms with van der Waals surface area (Å²) in [4.78, 5) is 6.27. The van der Waals surface area contributed by atoms with Crippen molar-refractivity contribution in [1.29, 1.82) is 0 Å². The van der Waals surface area contributed by atoms with Gasteiger partial charge in [0, 0.05) is 46.3 Å². The average Bonchev–Trinajstić information content (AvgIpc) is 3.17. The largest absolute Gasteiger partial charge is 0.476 e. The van der Waals surface area contributed by atoms with Gasteiger partial charge >= 0.3 is 0 Å². The van der Waals surface area contributed by atoms with Gasteiger partial charge in [-0.3, -0.25) is 0 Å². The first kappa shape index (κ1) is 12.1. The molecule has 5 rings (SSSR count). The Bertz CT molecular complexity index is 718. The van der Waals surface area contributed by atoms with Gasteiger partial charge in [0.05, 0.1) is 0 Å².